The molecule has 0 aromatic heterocycles. The maximum atomic E-state index is 10.1. The topological polar surface area (TPSA) is 20.2 Å². The Bertz CT molecular complexity index is 774. The zero-order valence-corrected chi connectivity index (χ0v) is 15.5. The maximum Gasteiger partial charge on any atom is 0.0840 e. The van der Waals surface area contributed by atoms with Crippen molar-refractivity contribution in [3.05, 3.63) is 102 Å². The van der Waals surface area contributed by atoms with Crippen LogP contribution in [0.25, 0.3) is 0 Å². The molecule has 0 unspecified atom stereocenters. The minimum atomic E-state index is -0.800. The number of thioether (sulfide) groups is 1. The summed E-state index contributed by atoms with van der Waals surface area (Å²) in [6.07, 6.45) is 0.989. The fourth-order valence-electron chi connectivity index (χ4n) is 2.83. The molecule has 0 amide bonds. The molecule has 0 bridgehead atoms. The van der Waals surface area contributed by atoms with Gasteiger partial charge in [-0.25, -0.2) is 0 Å². The second-order valence-corrected chi connectivity index (χ2v) is 8.07. The van der Waals surface area contributed by atoms with Gasteiger partial charge in [-0.05, 0) is 49.1 Å². The molecule has 1 nitrogen and oxygen atoms in total. The predicted molar refractivity (Wildman–Crippen MR) is 107 cm³/mol. The van der Waals surface area contributed by atoms with Gasteiger partial charge in [-0.3, -0.25) is 0 Å². The van der Waals surface area contributed by atoms with Crippen LogP contribution in [0.5, 0.6) is 0 Å². The van der Waals surface area contributed by atoms with Crippen LogP contribution in [0.1, 0.15) is 35.8 Å². The van der Waals surface area contributed by atoms with Crippen LogP contribution in [0.15, 0.2) is 89.8 Å². The van der Waals surface area contributed by atoms with E-state index in [4.69, 9.17) is 0 Å². The molecule has 3 aromatic rings. The Hall–Kier alpha value is -2.03. The molecule has 0 heterocycles. The second-order valence-electron chi connectivity index (χ2n) is 6.79. The zero-order valence-electron chi connectivity index (χ0n) is 14.7. The molecular weight excluding hydrogens is 324 g/mol. The van der Waals surface area contributed by atoms with Crippen molar-refractivity contribution in [2.45, 2.75) is 36.0 Å². The quantitative estimate of drug-likeness (QED) is 0.552. The van der Waals surface area contributed by atoms with Crippen molar-refractivity contribution in [2.24, 2.45) is 0 Å². The average Bonchev–Trinajstić information content (AvgIpc) is 2.62. The highest BCUT2D eigenvalue weighted by Crippen LogP contribution is 2.38. The maximum absolute atomic E-state index is 10.1. The van der Waals surface area contributed by atoms with Crippen molar-refractivity contribution in [3.8, 4) is 0 Å². The standard InChI is InChI=1S/C23H24OS/c1-23(2,24)20-13-15-21(16-14-20)25-22(19-11-7-4-8-12-19)17-18-9-5-3-6-10-18/h3-16,22,24H,17H2,1-2H3/t22-/m1/s1. The van der Waals surface area contributed by atoms with E-state index in [0.29, 0.717) is 5.25 Å². The van der Waals surface area contributed by atoms with E-state index >= 15 is 0 Å². The van der Waals surface area contributed by atoms with Crippen LogP contribution in [-0.2, 0) is 12.0 Å². The van der Waals surface area contributed by atoms with Gasteiger partial charge >= 0.3 is 0 Å². The Morgan fingerprint density at radius 3 is 1.92 bits per heavy atom. The highest BCUT2D eigenvalue weighted by atomic mass is 32.2. The van der Waals surface area contributed by atoms with Crippen molar-refractivity contribution < 1.29 is 5.11 Å². The molecule has 0 spiro atoms. The van der Waals surface area contributed by atoms with Gasteiger partial charge in [0.1, 0.15) is 0 Å². The molecule has 1 atom stereocenters. The predicted octanol–water partition coefficient (Wildman–Crippen LogP) is 5.99. The molecule has 0 aliphatic heterocycles. The normalized spacial score (nSPS) is 12.8. The summed E-state index contributed by atoms with van der Waals surface area (Å²) in [5.41, 5.74) is 2.82. The molecule has 0 fully saturated rings. The van der Waals surface area contributed by atoms with Crippen molar-refractivity contribution in [3.63, 3.8) is 0 Å². The molecule has 0 radical (unpaired) electrons. The largest absolute Gasteiger partial charge is 0.386 e. The Kier molecular flexibility index (Phi) is 5.62. The summed E-state index contributed by atoms with van der Waals surface area (Å²) < 4.78 is 0. The lowest BCUT2D eigenvalue weighted by Crippen LogP contribution is -2.14. The summed E-state index contributed by atoms with van der Waals surface area (Å²) in [5, 5.41) is 10.5. The number of rotatable bonds is 6. The van der Waals surface area contributed by atoms with Crippen molar-refractivity contribution >= 4 is 11.8 Å². The van der Waals surface area contributed by atoms with Crippen LogP contribution in [0.3, 0.4) is 0 Å². The van der Waals surface area contributed by atoms with Gasteiger partial charge in [-0.1, -0.05) is 72.8 Å². The minimum Gasteiger partial charge on any atom is -0.386 e. The molecule has 0 aliphatic carbocycles. The molecule has 2 heteroatoms. The van der Waals surface area contributed by atoms with E-state index in [-0.39, 0.29) is 0 Å². The Labute approximate surface area is 154 Å². The molecule has 0 saturated carbocycles. The van der Waals surface area contributed by atoms with Crippen LogP contribution in [0.4, 0.5) is 0 Å². The molecule has 0 saturated heterocycles. The lowest BCUT2D eigenvalue weighted by Gasteiger charge is -2.20. The summed E-state index contributed by atoms with van der Waals surface area (Å²) in [7, 11) is 0. The fourth-order valence-corrected chi connectivity index (χ4v) is 4.02. The third-order valence-electron chi connectivity index (χ3n) is 4.27. The monoisotopic (exact) mass is 348 g/mol. The van der Waals surface area contributed by atoms with Gasteiger partial charge in [0.15, 0.2) is 0 Å². The van der Waals surface area contributed by atoms with Crippen molar-refractivity contribution in [1.29, 1.82) is 0 Å². The van der Waals surface area contributed by atoms with Gasteiger partial charge in [-0.15, -0.1) is 11.8 Å². The van der Waals surface area contributed by atoms with Crippen molar-refractivity contribution in [2.75, 3.05) is 0 Å². The van der Waals surface area contributed by atoms with E-state index in [2.05, 4.69) is 72.8 Å². The first-order chi connectivity index (χ1) is 12.0. The molecule has 3 rings (SSSR count). The van der Waals surface area contributed by atoms with Crippen LogP contribution < -0.4 is 0 Å². The summed E-state index contributed by atoms with van der Waals surface area (Å²) >= 11 is 1.87. The molecule has 0 aliphatic rings. The van der Waals surface area contributed by atoms with Gasteiger partial charge in [-0.2, -0.15) is 0 Å². The lowest BCUT2D eigenvalue weighted by molar-refractivity contribution is 0.0785. The van der Waals surface area contributed by atoms with E-state index in [9.17, 15) is 5.11 Å². The summed E-state index contributed by atoms with van der Waals surface area (Å²) in [6.45, 7) is 3.63. The average molecular weight is 349 g/mol. The van der Waals surface area contributed by atoms with Gasteiger partial charge < -0.3 is 5.11 Å². The molecule has 25 heavy (non-hydrogen) atoms. The number of hydrogen-bond donors (Lipinski definition) is 1. The highest BCUT2D eigenvalue weighted by molar-refractivity contribution is 7.99. The van der Waals surface area contributed by atoms with E-state index in [1.807, 2.05) is 37.7 Å². The third kappa shape index (κ3) is 4.97. The molecule has 1 N–H and O–H groups in total. The van der Waals surface area contributed by atoms with Crippen molar-refractivity contribution in [1.82, 2.24) is 0 Å². The highest BCUT2D eigenvalue weighted by Gasteiger charge is 2.17. The first-order valence-corrected chi connectivity index (χ1v) is 9.49. The number of benzene rings is 3. The Morgan fingerprint density at radius 1 is 0.800 bits per heavy atom. The first kappa shape index (κ1) is 17.8. The van der Waals surface area contributed by atoms with Crippen LogP contribution in [-0.4, -0.2) is 5.11 Å². The molecule has 128 valence electrons. The Balaban J connectivity index is 1.82. The number of aliphatic hydroxyl groups is 1. The molecule has 3 aromatic carbocycles. The lowest BCUT2D eigenvalue weighted by atomic mass is 9.99. The fraction of sp³-hybridized carbons (Fsp3) is 0.217. The van der Waals surface area contributed by atoms with Gasteiger partial charge in [0, 0.05) is 10.1 Å². The Morgan fingerprint density at radius 2 is 1.36 bits per heavy atom. The first-order valence-electron chi connectivity index (χ1n) is 8.61. The van der Waals surface area contributed by atoms with Crippen LogP contribution in [0, 0.1) is 0 Å². The summed E-state index contributed by atoms with van der Waals surface area (Å²) in [4.78, 5) is 1.22. The summed E-state index contributed by atoms with van der Waals surface area (Å²) in [6, 6.07) is 29.6. The second kappa shape index (κ2) is 7.90. The minimum absolute atomic E-state index is 0.358. The number of hydrogen-bond acceptors (Lipinski definition) is 2. The molecular formula is C23H24OS. The SMILES string of the molecule is CC(C)(O)c1ccc(S[C@H](Cc2ccccc2)c2ccccc2)cc1. The van der Waals surface area contributed by atoms with Gasteiger partial charge in [0.2, 0.25) is 0 Å². The van der Waals surface area contributed by atoms with Gasteiger partial charge in [0.25, 0.3) is 0 Å². The van der Waals surface area contributed by atoms with Crippen LogP contribution >= 0.6 is 11.8 Å². The van der Waals surface area contributed by atoms with E-state index in [1.165, 1.54) is 16.0 Å². The van der Waals surface area contributed by atoms with Gasteiger partial charge in [0.05, 0.1) is 5.60 Å². The summed E-state index contributed by atoms with van der Waals surface area (Å²) in [5.74, 6) is 0. The third-order valence-corrected chi connectivity index (χ3v) is 5.54. The smallest absolute Gasteiger partial charge is 0.0840 e. The van der Waals surface area contributed by atoms with E-state index in [0.717, 1.165) is 12.0 Å². The van der Waals surface area contributed by atoms with E-state index < -0.39 is 5.60 Å². The van der Waals surface area contributed by atoms with E-state index in [1.54, 1.807) is 0 Å². The van der Waals surface area contributed by atoms with Crippen LogP contribution in [0.2, 0.25) is 0 Å². The zero-order chi connectivity index (χ0) is 17.7.